The molecule has 2 unspecified atom stereocenters. The summed E-state index contributed by atoms with van der Waals surface area (Å²) in [5.74, 6) is -2.15. The molecular formula is C29H29Cl2F6N3O3. The fourth-order valence-corrected chi connectivity index (χ4v) is 6.40. The molecule has 0 aromatic heterocycles. The second-order valence-corrected chi connectivity index (χ2v) is 11.8. The van der Waals surface area contributed by atoms with Gasteiger partial charge in [-0.1, -0.05) is 23.2 Å². The number of benzene rings is 2. The minimum Gasteiger partial charge on any atom is -0.343 e. The van der Waals surface area contributed by atoms with Crippen LogP contribution in [0.3, 0.4) is 0 Å². The standard InChI is InChI=1S/C29H29Cl2F6N3O3/c1-16(41)39-6-3-17(4-7-39)27(43)40-8-5-25(24(15-40)18-11-22(30)14-23(31)12-18)38(2)26(42)19-9-20(28(32,33)34)13-21(10-19)29(35,36)37/h9-14,17,24-25H,3-8,15H2,1-2H3. The van der Waals surface area contributed by atoms with Gasteiger partial charge in [-0.25, -0.2) is 0 Å². The molecule has 2 aliphatic rings. The maximum absolute atomic E-state index is 13.5. The summed E-state index contributed by atoms with van der Waals surface area (Å²) in [4.78, 5) is 43.1. The molecule has 6 nitrogen and oxygen atoms in total. The number of hydrogen-bond acceptors (Lipinski definition) is 3. The Morgan fingerprint density at radius 3 is 1.79 bits per heavy atom. The average Bonchev–Trinajstić information content (AvgIpc) is 2.94. The Hall–Kier alpha value is -2.99. The lowest BCUT2D eigenvalue weighted by Crippen LogP contribution is -2.53. The molecule has 2 aromatic carbocycles. The van der Waals surface area contributed by atoms with Crippen molar-refractivity contribution in [1.82, 2.24) is 14.7 Å². The first-order chi connectivity index (χ1) is 20.0. The van der Waals surface area contributed by atoms with E-state index >= 15 is 0 Å². The highest BCUT2D eigenvalue weighted by molar-refractivity contribution is 6.34. The maximum Gasteiger partial charge on any atom is 0.416 e. The fraction of sp³-hybridized carbons (Fsp3) is 0.483. The predicted octanol–water partition coefficient (Wildman–Crippen LogP) is 6.75. The molecule has 3 amide bonds. The third kappa shape index (κ3) is 7.57. The molecule has 0 saturated carbocycles. The van der Waals surface area contributed by atoms with Crippen molar-refractivity contribution in [3.8, 4) is 0 Å². The summed E-state index contributed by atoms with van der Waals surface area (Å²) in [6.07, 6.45) is -9.05. The SMILES string of the molecule is CC(=O)N1CCC(C(=O)N2CCC(N(C)C(=O)c3cc(C(F)(F)F)cc(C(F)(F)F)c3)C(c3cc(Cl)cc(Cl)c3)C2)CC1. The number of carbonyl (C=O) groups is 3. The van der Waals surface area contributed by atoms with Crippen LogP contribution in [-0.4, -0.2) is 71.7 Å². The Labute approximate surface area is 254 Å². The van der Waals surface area contributed by atoms with E-state index in [1.54, 1.807) is 21.9 Å². The van der Waals surface area contributed by atoms with E-state index in [0.717, 1.165) is 4.90 Å². The van der Waals surface area contributed by atoms with E-state index in [1.165, 1.54) is 20.0 Å². The van der Waals surface area contributed by atoms with Gasteiger partial charge in [0.05, 0.1) is 11.1 Å². The number of piperidine rings is 2. The second kappa shape index (κ2) is 12.6. The molecule has 2 atom stereocenters. The summed E-state index contributed by atoms with van der Waals surface area (Å²) in [5, 5.41) is 0.561. The minimum atomic E-state index is -5.11. The lowest BCUT2D eigenvalue weighted by molar-refractivity contribution is -0.143. The monoisotopic (exact) mass is 651 g/mol. The molecular weight excluding hydrogens is 623 g/mol. The molecule has 2 fully saturated rings. The molecule has 43 heavy (non-hydrogen) atoms. The fourth-order valence-electron chi connectivity index (χ4n) is 5.85. The van der Waals surface area contributed by atoms with E-state index in [-0.39, 0.29) is 53.4 Å². The first-order valence-corrected chi connectivity index (χ1v) is 14.3. The van der Waals surface area contributed by atoms with Crippen LogP contribution in [0.25, 0.3) is 0 Å². The zero-order valence-electron chi connectivity index (χ0n) is 23.2. The summed E-state index contributed by atoms with van der Waals surface area (Å²) in [6, 6.07) is 4.78. The summed E-state index contributed by atoms with van der Waals surface area (Å²) >= 11 is 12.5. The molecule has 14 heteroatoms. The highest BCUT2D eigenvalue weighted by Gasteiger charge is 2.41. The van der Waals surface area contributed by atoms with E-state index in [0.29, 0.717) is 43.6 Å². The third-order valence-corrected chi connectivity index (χ3v) is 8.58. The quantitative estimate of drug-likeness (QED) is 0.344. The van der Waals surface area contributed by atoms with E-state index in [1.807, 2.05) is 0 Å². The first-order valence-electron chi connectivity index (χ1n) is 13.5. The van der Waals surface area contributed by atoms with Crippen LogP contribution in [0.1, 0.15) is 59.2 Å². The van der Waals surface area contributed by atoms with Crippen molar-refractivity contribution >= 4 is 40.9 Å². The number of nitrogens with zero attached hydrogens (tertiary/aromatic N) is 3. The molecule has 2 saturated heterocycles. The van der Waals surface area contributed by atoms with Crippen LogP contribution < -0.4 is 0 Å². The Morgan fingerprint density at radius 1 is 0.791 bits per heavy atom. The number of hydrogen-bond donors (Lipinski definition) is 0. The maximum atomic E-state index is 13.5. The van der Waals surface area contributed by atoms with Crippen LogP contribution in [0.4, 0.5) is 26.3 Å². The van der Waals surface area contributed by atoms with Crippen LogP contribution in [0.5, 0.6) is 0 Å². The highest BCUT2D eigenvalue weighted by Crippen LogP contribution is 2.38. The molecule has 4 rings (SSSR count). The second-order valence-electron chi connectivity index (χ2n) is 10.9. The van der Waals surface area contributed by atoms with Crippen LogP contribution in [0.15, 0.2) is 36.4 Å². The molecule has 0 N–H and O–H groups in total. The van der Waals surface area contributed by atoms with Crippen LogP contribution >= 0.6 is 23.2 Å². The number of alkyl halides is 6. The molecule has 2 heterocycles. The smallest absolute Gasteiger partial charge is 0.343 e. The van der Waals surface area contributed by atoms with Crippen LogP contribution in [-0.2, 0) is 21.9 Å². The van der Waals surface area contributed by atoms with Gasteiger partial charge in [-0.3, -0.25) is 14.4 Å². The summed E-state index contributed by atoms with van der Waals surface area (Å²) < 4.78 is 80.8. The Kier molecular flexibility index (Phi) is 9.61. The number of rotatable bonds is 4. The topological polar surface area (TPSA) is 60.9 Å². The molecule has 2 aromatic rings. The number of carbonyl (C=O) groups excluding carboxylic acids is 3. The van der Waals surface area contributed by atoms with Gasteiger partial charge in [-0.05, 0) is 61.2 Å². The van der Waals surface area contributed by atoms with Gasteiger partial charge < -0.3 is 14.7 Å². The number of halogens is 8. The van der Waals surface area contributed by atoms with Crippen LogP contribution in [0, 0.1) is 5.92 Å². The zero-order valence-corrected chi connectivity index (χ0v) is 24.7. The highest BCUT2D eigenvalue weighted by atomic mass is 35.5. The molecule has 234 valence electrons. The van der Waals surface area contributed by atoms with Crippen molar-refractivity contribution in [2.24, 2.45) is 5.92 Å². The largest absolute Gasteiger partial charge is 0.416 e. The number of likely N-dealkylation sites (tertiary alicyclic amines) is 2. The van der Waals surface area contributed by atoms with Gasteiger partial charge in [0.1, 0.15) is 0 Å². The molecule has 0 radical (unpaired) electrons. The molecule has 0 aliphatic carbocycles. The summed E-state index contributed by atoms with van der Waals surface area (Å²) in [6.45, 7) is 2.68. The normalized spacial score (nSPS) is 20.2. The number of likely N-dealkylation sites (N-methyl/N-ethyl adjacent to an activating group) is 1. The summed E-state index contributed by atoms with van der Waals surface area (Å²) in [7, 11) is 1.31. The molecule has 2 aliphatic heterocycles. The van der Waals surface area contributed by atoms with E-state index in [9.17, 15) is 40.7 Å². The third-order valence-electron chi connectivity index (χ3n) is 8.14. The molecule has 0 bridgehead atoms. The predicted molar refractivity (Wildman–Crippen MR) is 148 cm³/mol. The average molecular weight is 652 g/mol. The van der Waals surface area contributed by atoms with Gasteiger partial charge in [-0.15, -0.1) is 0 Å². The van der Waals surface area contributed by atoms with Gasteiger partial charge in [0, 0.05) is 73.6 Å². The van der Waals surface area contributed by atoms with Gasteiger partial charge >= 0.3 is 12.4 Å². The van der Waals surface area contributed by atoms with Crippen molar-refractivity contribution in [1.29, 1.82) is 0 Å². The Bertz CT molecular complexity index is 1340. The van der Waals surface area contributed by atoms with E-state index < -0.39 is 46.9 Å². The number of amides is 3. The van der Waals surface area contributed by atoms with Gasteiger partial charge in [0.25, 0.3) is 5.91 Å². The Morgan fingerprint density at radius 2 is 1.30 bits per heavy atom. The van der Waals surface area contributed by atoms with Gasteiger partial charge in [-0.2, -0.15) is 26.3 Å². The van der Waals surface area contributed by atoms with Crippen molar-refractivity contribution in [3.05, 3.63) is 68.7 Å². The Balaban J connectivity index is 1.64. The van der Waals surface area contributed by atoms with Gasteiger partial charge in [0.15, 0.2) is 0 Å². The van der Waals surface area contributed by atoms with E-state index in [4.69, 9.17) is 23.2 Å². The van der Waals surface area contributed by atoms with Crippen molar-refractivity contribution in [2.75, 3.05) is 33.2 Å². The lowest BCUT2D eigenvalue weighted by Gasteiger charge is -2.44. The zero-order chi connectivity index (χ0) is 31.9. The van der Waals surface area contributed by atoms with Crippen molar-refractivity contribution < 1.29 is 40.7 Å². The summed E-state index contributed by atoms with van der Waals surface area (Å²) in [5.41, 5.74) is -3.38. The first kappa shape index (κ1) is 32.9. The van der Waals surface area contributed by atoms with Crippen molar-refractivity contribution in [2.45, 2.75) is 50.5 Å². The van der Waals surface area contributed by atoms with E-state index in [2.05, 4.69) is 0 Å². The van der Waals surface area contributed by atoms with Gasteiger partial charge in [0.2, 0.25) is 11.8 Å². The lowest BCUT2D eigenvalue weighted by atomic mass is 9.83. The van der Waals surface area contributed by atoms with Crippen LogP contribution in [0.2, 0.25) is 10.0 Å². The molecule has 0 spiro atoms. The van der Waals surface area contributed by atoms with Crippen molar-refractivity contribution in [3.63, 3.8) is 0 Å². The minimum absolute atomic E-state index is 0.0292.